The van der Waals surface area contributed by atoms with Gasteiger partial charge in [-0.25, -0.2) is 15.0 Å². The highest BCUT2D eigenvalue weighted by Gasteiger charge is 2.47. The average molecular weight is 700 g/mol. The first-order valence-electron chi connectivity index (χ1n) is 18.8. The second-order valence-electron chi connectivity index (χ2n) is 14.3. The summed E-state index contributed by atoms with van der Waals surface area (Å²) < 4.78 is 0. The van der Waals surface area contributed by atoms with E-state index >= 15 is 0 Å². The highest BCUT2D eigenvalue weighted by atomic mass is 14.8. The molecule has 55 heavy (non-hydrogen) atoms. The molecule has 3 aromatic heterocycles. The Kier molecular flexibility index (Phi) is 7.08. The summed E-state index contributed by atoms with van der Waals surface area (Å²) in [6.07, 6.45) is 0. The van der Waals surface area contributed by atoms with Crippen LogP contribution in [0.5, 0.6) is 0 Å². The fourth-order valence-electron chi connectivity index (χ4n) is 8.83. The number of rotatable bonds is 5. The molecular formula is C52H33N3. The smallest absolute Gasteiger partial charge is 0.0972 e. The third-order valence-electron chi connectivity index (χ3n) is 11.3. The number of benzene rings is 7. The van der Waals surface area contributed by atoms with Gasteiger partial charge in [0.1, 0.15) is 0 Å². The van der Waals surface area contributed by atoms with Gasteiger partial charge in [-0.15, -0.1) is 0 Å². The van der Waals surface area contributed by atoms with E-state index in [1.807, 2.05) is 18.2 Å². The van der Waals surface area contributed by atoms with Crippen molar-refractivity contribution in [1.29, 1.82) is 0 Å². The lowest BCUT2D eigenvalue weighted by molar-refractivity contribution is 0.775. The van der Waals surface area contributed by atoms with E-state index in [0.717, 1.165) is 61.1 Å². The first-order valence-corrected chi connectivity index (χ1v) is 18.8. The normalized spacial score (nSPS) is 12.9. The van der Waals surface area contributed by atoms with Crippen molar-refractivity contribution in [3.05, 3.63) is 222 Å². The molecule has 10 aromatic rings. The minimum Gasteiger partial charge on any atom is -0.248 e. The lowest BCUT2D eigenvalue weighted by Crippen LogP contribution is -2.28. The van der Waals surface area contributed by atoms with Crippen LogP contribution >= 0.6 is 0 Å². The van der Waals surface area contributed by atoms with Crippen LogP contribution in [0.3, 0.4) is 0 Å². The van der Waals surface area contributed by atoms with Crippen LogP contribution in [0.25, 0.3) is 77.6 Å². The van der Waals surface area contributed by atoms with E-state index in [1.54, 1.807) is 0 Å². The van der Waals surface area contributed by atoms with Crippen LogP contribution in [0, 0.1) is 0 Å². The zero-order chi connectivity index (χ0) is 36.3. The van der Waals surface area contributed by atoms with Crippen molar-refractivity contribution in [2.45, 2.75) is 5.41 Å². The van der Waals surface area contributed by atoms with Gasteiger partial charge in [-0.2, -0.15) is 0 Å². The zero-order valence-electron chi connectivity index (χ0n) is 29.9. The summed E-state index contributed by atoms with van der Waals surface area (Å²) in [5.74, 6) is 0. The van der Waals surface area contributed by atoms with Crippen molar-refractivity contribution >= 4 is 32.7 Å². The molecule has 0 aliphatic heterocycles. The maximum Gasteiger partial charge on any atom is 0.0972 e. The molecule has 1 aliphatic carbocycles. The van der Waals surface area contributed by atoms with Gasteiger partial charge in [0.05, 0.1) is 39.0 Å². The summed E-state index contributed by atoms with van der Waals surface area (Å²) in [6.45, 7) is 0. The van der Waals surface area contributed by atoms with Gasteiger partial charge >= 0.3 is 0 Å². The molecule has 0 atom stereocenters. The van der Waals surface area contributed by atoms with E-state index < -0.39 is 5.41 Å². The molecule has 3 heteroatoms. The maximum absolute atomic E-state index is 5.33. The Hall–Kier alpha value is -7.23. The molecule has 0 radical (unpaired) electrons. The number of nitrogens with zero attached hydrogens (tertiary/aromatic N) is 3. The summed E-state index contributed by atoms with van der Waals surface area (Å²) >= 11 is 0. The van der Waals surface area contributed by atoms with E-state index in [4.69, 9.17) is 15.0 Å². The Morgan fingerprint density at radius 3 is 1.40 bits per heavy atom. The monoisotopic (exact) mass is 699 g/mol. The largest absolute Gasteiger partial charge is 0.248 e. The van der Waals surface area contributed by atoms with Crippen molar-refractivity contribution in [3.63, 3.8) is 0 Å². The third-order valence-corrected chi connectivity index (χ3v) is 11.3. The maximum atomic E-state index is 5.33. The molecule has 0 fully saturated rings. The molecule has 3 nitrogen and oxygen atoms in total. The van der Waals surface area contributed by atoms with Crippen molar-refractivity contribution in [3.8, 4) is 44.9 Å². The minimum atomic E-state index is -0.477. The Morgan fingerprint density at radius 2 is 0.800 bits per heavy atom. The second-order valence-corrected chi connectivity index (χ2v) is 14.3. The van der Waals surface area contributed by atoms with E-state index in [-0.39, 0.29) is 0 Å². The molecule has 0 unspecified atom stereocenters. The Labute approximate surface area is 319 Å². The van der Waals surface area contributed by atoms with Crippen LogP contribution < -0.4 is 0 Å². The SMILES string of the molecule is c1ccc(-c2ccc3ccc4ccc(-c5ccc(-c6ccc7c8c(ccc7n6)-c6ccccc6C8(c6ccccc6)c6ccccc6)cc5)nc4c3n2)cc1. The zero-order valence-corrected chi connectivity index (χ0v) is 29.9. The van der Waals surface area contributed by atoms with E-state index in [0.29, 0.717) is 0 Å². The molecule has 0 amide bonds. The third kappa shape index (κ3) is 4.87. The molecule has 3 heterocycles. The Balaban J connectivity index is 1.01. The number of pyridine rings is 3. The molecule has 1 aliphatic rings. The molecule has 0 bridgehead atoms. The lowest BCUT2D eigenvalue weighted by atomic mass is 9.67. The topological polar surface area (TPSA) is 38.7 Å². The van der Waals surface area contributed by atoms with Gasteiger partial charge in [-0.05, 0) is 57.6 Å². The van der Waals surface area contributed by atoms with Crippen LogP contribution in [0.1, 0.15) is 22.3 Å². The van der Waals surface area contributed by atoms with Crippen molar-refractivity contribution in [2.24, 2.45) is 0 Å². The highest BCUT2D eigenvalue weighted by Crippen LogP contribution is 2.57. The van der Waals surface area contributed by atoms with E-state index in [9.17, 15) is 0 Å². The first-order chi connectivity index (χ1) is 27.3. The van der Waals surface area contributed by atoms with E-state index in [2.05, 4.69) is 182 Å². The predicted molar refractivity (Wildman–Crippen MR) is 226 cm³/mol. The molecule has 11 rings (SSSR count). The van der Waals surface area contributed by atoms with Gasteiger partial charge in [0, 0.05) is 32.8 Å². The Bertz CT molecular complexity index is 3030. The predicted octanol–water partition coefficient (Wildman–Crippen LogP) is 12.7. The fraction of sp³-hybridized carbons (Fsp3) is 0.0192. The highest BCUT2D eigenvalue weighted by molar-refractivity contribution is 6.04. The van der Waals surface area contributed by atoms with Crippen molar-refractivity contribution in [2.75, 3.05) is 0 Å². The average Bonchev–Trinajstić information content (AvgIpc) is 3.58. The molecule has 256 valence electrons. The van der Waals surface area contributed by atoms with Crippen LogP contribution in [0.2, 0.25) is 0 Å². The van der Waals surface area contributed by atoms with Crippen LogP contribution in [-0.4, -0.2) is 15.0 Å². The molecule has 7 aromatic carbocycles. The minimum absolute atomic E-state index is 0.477. The number of hydrogen-bond donors (Lipinski definition) is 0. The molecule has 0 saturated heterocycles. The first kappa shape index (κ1) is 31.3. The van der Waals surface area contributed by atoms with Crippen LogP contribution in [-0.2, 0) is 5.41 Å². The standard InChI is InChI=1S/C52H33N3/c1-4-12-34(13-5-1)46-30-26-37-24-25-38-27-31-47(55-51(38)50(37)54-46)36-22-20-35(21-23-36)45-32-29-43-48(53-45)33-28-42-41-18-10-11-19-44(41)52(49(42)43,39-14-6-2-7-15-39)40-16-8-3-9-17-40/h1-33H. The van der Waals surface area contributed by atoms with Gasteiger partial charge < -0.3 is 0 Å². The lowest BCUT2D eigenvalue weighted by Gasteiger charge is -2.34. The van der Waals surface area contributed by atoms with Gasteiger partial charge in [0.25, 0.3) is 0 Å². The second kappa shape index (κ2) is 12.4. The van der Waals surface area contributed by atoms with Gasteiger partial charge in [-0.3, -0.25) is 0 Å². The fourth-order valence-corrected chi connectivity index (χ4v) is 8.83. The summed E-state index contributed by atoms with van der Waals surface area (Å²) in [5, 5.41) is 3.32. The van der Waals surface area contributed by atoms with Gasteiger partial charge in [0.15, 0.2) is 0 Å². The summed E-state index contributed by atoms with van der Waals surface area (Å²) in [6, 6.07) is 71.4. The van der Waals surface area contributed by atoms with E-state index in [1.165, 1.54) is 38.8 Å². The number of hydrogen-bond acceptors (Lipinski definition) is 3. The van der Waals surface area contributed by atoms with Crippen molar-refractivity contribution in [1.82, 2.24) is 15.0 Å². The van der Waals surface area contributed by atoms with Crippen LogP contribution in [0.4, 0.5) is 0 Å². The van der Waals surface area contributed by atoms with Crippen LogP contribution in [0.15, 0.2) is 200 Å². The molecule has 0 saturated carbocycles. The Morgan fingerprint density at radius 1 is 0.327 bits per heavy atom. The quantitative estimate of drug-likeness (QED) is 0.168. The summed E-state index contributed by atoms with van der Waals surface area (Å²) in [4.78, 5) is 15.6. The number of aromatic nitrogens is 3. The van der Waals surface area contributed by atoms with Gasteiger partial charge in [-0.1, -0.05) is 176 Å². The summed E-state index contributed by atoms with van der Waals surface area (Å²) in [7, 11) is 0. The molecule has 0 spiro atoms. The molecule has 0 N–H and O–H groups in total. The summed E-state index contributed by atoms with van der Waals surface area (Å²) in [5.41, 5.74) is 16.0. The van der Waals surface area contributed by atoms with Crippen molar-refractivity contribution < 1.29 is 0 Å². The van der Waals surface area contributed by atoms with Gasteiger partial charge in [0.2, 0.25) is 0 Å². The number of fused-ring (bicyclic) bond motifs is 8. The molecular weight excluding hydrogens is 667 g/mol.